The lowest BCUT2D eigenvalue weighted by atomic mass is 10.2. The molecule has 0 fully saturated rings. The highest BCUT2D eigenvalue weighted by molar-refractivity contribution is 5.94. The second-order valence-corrected chi connectivity index (χ2v) is 6.27. The van der Waals surface area contributed by atoms with Crippen molar-refractivity contribution in [2.45, 2.75) is 0 Å². The minimum Gasteiger partial charge on any atom is -0.507 e. The fraction of sp³-hybridized carbons (Fsp3) is 0.0833. The maximum Gasteiger partial charge on any atom is 0.347 e. The maximum atomic E-state index is 11.7. The SMILES string of the molecule is COc1ccc(C=CC(=O)O)cc1OC.Nc1ccc(C(=O)Oc2ccccc2)c(O)c1. The number of aliphatic carboxylic acids is 1. The molecule has 0 saturated heterocycles. The van der Waals surface area contributed by atoms with Crippen LogP contribution in [0.3, 0.4) is 0 Å². The Morgan fingerprint density at radius 2 is 1.59 bits per heavy atom. The summed E-state index contributed by atoms with van der Waals surface area (Å²) in [5.41, 5.74) is 6.69. The van der Waals surface area contributed by atoms with Crippen molar-refractivity contribution < 1.29 is 34.0 Å². The minimum atomic E-state index is -0.982. The first-order valence-electron chi connectivity index (χ1n) is 9.32. The molecule has 0 aliphatic carbocycles. The first-order valence-corrected chi connectivity index (χ1v) is 9.32. The summed E-state index contributed by atoms with van der Waals surface area (Å²) in [5.74, 6) is -0.173. The quantitative estimate of drug-likeness (QED) is 0.228. The number of esters is 1. The zero-order valence-corrected chi connectivity index (χ0v) is 17.5. The molecule has 166 valence electrons. The van der Waals surface area contributed by atoms with Gasteiger partial charge < -0.3 is 30.2 Å². The number of aromatic hydroxyl groups is 1. The van der Waals surface area contributed by atoms with E-state index in [2.05, 4.69) is 0 Å². The summed E-state index contributed by atoms with van der Waals surface area (Å²) in [6, 6.07) is 18.1. The zero-order valence-electron chi connectivity index (χ0n) is 17.5. The second-order valence-electron chi connectivity index (χ2n) is 6.27. The molecule has 0 spiro atoms. The number of methoxy groups -OCH3 is 2. The van der Waals surface area contributed by atoms with Crippen molar-refractivity contribution >= 4 is 23.7 Å². The van der Waals surface area contributed by atoms with Crippen LogP contribution in [0.5, 0.6) is 23.0 Å². The van der Waals surface area contributed by atoms with Gasteiger partial charge in [-0.15, -0.1) is 0 Å². The van der Waals surface area contributed by atoms with Gasteiger partial charge in [0.25, 0.3) is 0 Å². The molecule has 0 aromatic heterocycles. The van der Waals surface area contributed by atoms with Crippen LogP contribution in [-0.2, 0) is 4.79 Å². The predicted molar refractivity (Wildman–Crippen MR) is 120 cm³/mol. The number of carbonyl (C=O) groups is 2. The van der Waals surface area contributed by atoms with Gasteiger partial charge in [-0.1, -0.05) is 24.3 Å². The summed E-state index contributed by atoms with van der Waals surface area (Å²) in [7, 11) is 3.08. The summed E-state index contributed by atoms with van der Waals surface area (Å²) in [4.78, 5) is 22.0. The van der Waals surface area contributed by atoms with Crippen molar-refractivity contribution in [2.75, 3.05) is 20.0 Å². The Kier molecular flexibility index (Phi) is 8.67. The Balaban J connectivity index is 0.000000229. The lowest BCUT2D eigenvalue weighted by Gasteiger charge is -2.07. The van der Waals surface area contributed by atoms with Crippen LogP contribution < -0.4 is 19.9 Å². The first-order chi connectivity index (χ1) is 15.3. The Labute approximate surface area is 185 Å². The van der Waals surface area contributed by atoms with Crippen LogP contribution in [0.15, 0.2) is 72.8 Å². The number of nitrogens with two attached hydrogens (primary N) is 1. The van der Waals surface area contributed by atoms with E-state index in [1.54, 1.807) is 49.6 Å². The van der Waals surface area contributed by atoms with Crippen molar-refractivity contribution in [2.24, 2.45) is 0 Å². The maximum absolute atomic E-state index is 11.7. The van der Waals surface area contributed by atoms with E-state index in [0.717, 1.165) is 11.6 Å². The normalized spacial score (nSPS) is 10.1. The summed E-state index contributed by atoms with van der Waals surface area (Å²) in [6.45, 7) is 0. The number of phenolic OH excluding ortho intramolecular Hbond substituents is 1. The monoisotopic (exact) mass is 437 g/mol. The van der Waals surface area contributed by atoms with Gasteiger partial charge in [-0.2, -0.15) is 0 Å². The predicted octanol–water partition coefficient (Wildman–Crippen LogP) is 4.00. The molecule has 3 aromatic rings. The fourth-order valence-electron chi connectivity index (χ4n) is 2.50. The summed E-state index contributed by atoms with van der Waals surface area (Å²) >= 11 is 0. The van der Waals surface area contributed by atoms with Gasteiger partial charge in [0.15, 0.2) is 11.5 Å². The third-order valence-corrected chi connectivity index (χ3v) is 4.02. The van der Waals surface area contributed by atoms with Gasteiger partial charge in [0, 0.05) is 17.8 Å². The number of nitrogen functional groups attached to an aromatic ring is 1. The molecule has 8 nitrogen and oxygen atoms in total. The Hall–Kier alpha value is -4.46. The van der Waals surface area contributed by atoms with Crippen molar-refractivity contribution in [3.8, 4) is 23.0 Å². The highest BCUT2D eigenvalue weighted by atomic mass is 16.5. The van der Waals surface area contributed by atoms with E-state index < -0.39 is 11.9 Å². The van der Waals surface area contributed by atoms with E-state index in [9.17, 15) is 14.7 Å². The van der Waals surface area contributed by atoms with Crippen molar-refractivity contribution in [3.05, 3.63) is 83.9 Å². The van der Waals surface area contributed by atoms with Crippen LogP contribution >= 0.6 is 0 Å². The van der Waals surface area contributed by atoms with E-state index >= 15 is 0 Å². The highest BCUT2D eigenvalue weighted by Crippen LogP contribution is 2.28. The molecule has 4 N–H and O–H groups in total. The molecular weight excluding hydrogens is 414 g/mol. The van der Waals surface area contributed by atoms with Crippen LogP contribution in [0.2, 0.25) is 0 Å². The molecule has 0 amide bonds. The third-order valence-electron chi connectivity index (χ3n) is 4.02. The molecule has 0 radical (unpaired) electrons. The number of hydrogen-bond donors (Lipinski definition) is 3. The first kappa shape index (κ1) is 23.8. The van der Waals surface area contributed by atoms with Gasteiger partial charge in [-0.3, -0.25) is 0 Å². The van der Waals surface area contributed by atoms with Gasteiger partial charge >= 0.3 is 11.9 Å². The number of hydrogen-bond acceptors (Lipinski definition) is 7. The lowest BCUT2D eigenvalue weighted by Crippen LogP contribution is -2.08. The topological polar surface area (TPSA) is 128 Å². The van der Waals surface area contributed by atoms with Gasteiger partial charge in [0.2, 0.25) is 0 Å². The molecule has 0 aliphatic heterocycles. The number of para-hydroxylation sites is 1. The number of ether oxygens (including phenoxy) is 3. The molecule has 32 heavy (non-hydrogen) atoms. The van der Waals surface area contributed by atoms with Crippen LogP contribution in [0.1, 0.15) is 15.9 Å². The van der Waals surface area contributed by atoms with E-state index in [0.29, 0.717) is 22.9 Å². The fourth-order valence-corrected chi connectivity index (χ4v) is 2.50. The van der Waals surface area contributed by atoms with E-state index in [4.69, 9.17) is 25.1 Å². The molecule has 0 heterocycles. The summed E-state index contributed by atoms with van der Waals surface area (Å²) < 4.78 is 15.2. The van der Waals surface area contributed by atoms with Crippen molar-refractivity contribution in [3.63, 3.8) is 0 Å². The van der Waals surface area contributed by atoms with Crippen LogP contribution in [0.4, 0.5) is 5.69 Å². The van der Waals surface area contributed by atoms with Crippen molar-refractivity contribution in [1.29, 1.82) is 0 Å². The molecule has 0 atom stereocenters. The largest absolute Gasteiger partial charge is 0.507 e. The number of phenols is 1. The Bertz CT molecular complexity index is 1090. The van der Waals surface area contributed by atoms with Gasteiger partial charge in [-0.25, -0.2) is 9.59 Å². The number of rotatable bonds is 6. The van der Waals surface area contributed by atoms with Gasteiger partial charge in [0.05, 0.1) is 14.2 Å². The Morgan fingerprint density at radius 1 is 0.906 bits per heavy atom. The van der Waals surface area contributed by atoms with Crippen molar-refractivity contribution in [1.82, 2.24) is 0 Å². The van der Waals surface area contributed by atoms with Gasteiger partial charge in [-0.05, 0) is 48.0 Å². The van der Waals surface area contributed by atoms with Crippen LogP contribution in [-0.4, -0.2) is 36.4 Å². The highest BCUT2D eigenvalue weighted by Gasteiger charge is 2.13. The van der Waals surface area contributed by atoms with Gasteiger partial charge in [0.1, 0.15) is 17.1 Å². The second kappa shape index (κ2) is 11.7. The smallest absolute Gasteiger partial charge is 0.347 e. The standard InChI is InChI=1S/C13H11NO3.C11H12O4/c14-9-6-7-11(12(15)8-9)13(16)17-10-4-2-1-3-5-10;1-14-9-5-3-8(4-6-11(12)13)7-10(9)15-2/h1-8,15H,14H2;3-7H,1-2H3,(H,12,13). The molecule has 0 saturated carbocycles. The molecular formula is C24H23NO7. The molecule has 8 heteroatoms. The number of carbonyl (C=O) groups excluding carboxylic acids is 1. The molecule has 0 unspecified atom stereocenters. The third kappa shape index (κ3) is 7.10. The van der Waals surface area contributed by atoms with E-state index in [1.165, 1.54) is 31.4 Å². The average molecular weight is 437 g/mol. The summed E-state index contributed by atoms with van der Waals surface area (Å²) in [6.07, 6.45) is 2.56. The molecule has 0 bridgehead atoms. The van der Waals surface area contributed by atoms with E-state index in [1.807, 2.05) is 6.07 Å². The number of carboxylic acids is 1. The van der Waals surface area contributed by atoms with Crippen LogP contribution in [0, 0.1) is 0 Å². The number of anilines is 1. The number of carboxylic acid groups (broad SMARTS) is 1. The molecule has 3 rings (SSSR count). The minimum absolute atomic E-state index is 0.0862. The number of benzene rings is 3. The Morgan fingerprint density at radius 3 is 2.19 bits per heavy atom. The zero-order chi connectivity index (χ0) is 23.5. The van der Waals surface area contributed by atoms with Crippen LogP contribution in [0.25, 0.3) is 6.08 Å². The molecule has 3 aromatic carbocycles. The summed E-state index contributed by atoms with van der Waals surface area (Å²) in [5, 5.41) is 18.0. The lowest BCUT2D eigenvalue weighted by molar-refractivity contribution is -0.131. The average Bonchev–Trinajstić information content (AvgIpc) is 2.78. The molecule has 0 aliphatic rings. The van der Waals surface area contributed by atoms with E-state index in [-0.39, 0.29) is 11.3 Å².